The Labute approximate surface area is 122 Å². The molecule has 0 saturated heterocycles. The molecule has 3 aromatic rings. The molecule has 3 rings (SSSR count). The second-order valence-electron chi connectivity index (χ2n) is 4.93. The first kappa shape index (κ1) is 13.1. The minimum Gasteiger partial charge on any atom is -0.207 e. The maximum Gasteiger partial charge on any atom is 0.123 e. The Kier molecular flexibility index (Phi) is 3.45. The van der Waals surface area contributed by atoms with E-state index in [0.717, 1.165) is 16.5 Å². The highest BCUT2D eigenvalue weighted by Gasteiger charge is 2.14. The van der Waals surface area contributed by atoms with E-state index in [0.29, 0.717) is 0 Å². The Hall–Kier alpha value is -1.86. The summed E-state index contributed by atoms with van der Waals surface area (Å²) < 4.78 is 13.4. The molecule has 1 atom stereocenters. The van der Waals surface area contributed by atoms with E-state index >= 15 is 0 Å². The van der Waals surface area contributed by atoms with E-state index in [9.17, 15) is 4.39 Å². The molecule has 0 spiro atoms. The summed E-state index contributed by atoms with van der Waals surface area (Å²) in [5.41, 5.74) is 3.01. The fourth-order valence-electron chi connectivity index (χ4n) is 2.54. The van der Waals surface area contributed by atoms with Crippen molar-refractivity contribution >= 4 is 22.4 Å². The van der Waals surface area contributed by atoms with Crippen molar-refractivity contribution in [1.29, 1.82) is 0 Å². The van der Waals surface area contributed by atoms with E-state index in [-0.39, 0.29) is 11.2 Å². The number of hydrogen-bond acceptors (Lipinski definition) is 0. The normalized spacial score (nSPS) is 12.6. The fourth-order valence-corrected chi connectivity index (χ4v) is 2.86. The number of fused-ring (bicyclic) bond motifs is 1. The van der Waals surface area contributed by atoms with Crippen molar-refractivity contribution in [2.45, 2.75) is 12.3 Å². The number of benzene rings is 3. The van der Waals surface area contributed by atoms with Crippen molar-refractivity contribution in [2.24, 2.45) is 0 Å². The zero-order valence-corrected chi connectivity index (χ0v) is 11.9. The molecule has 0 nitrogen and oxygen atoms in total. The van der Waals surface area contributed by atoms with Crippen LogP contribution in [0.15, 0.2) is 60.7 Å². The Morgan fingerprint density at radius 3 is 2.40 bits per heavy atom. The number of aryl methyl sites for hydroxylation is 1. The van der Waals surface area contributed by atoms with Crippen LogP contribution in [0.3, 0.4) is 0 Å². The van der Waals surface area contributed by atoms with Gasteiger partial charge in [-0.1, -0.05) is 48.5 Å². The van der Waals surface area contributed by atoms with Crippen LogP contribution in [0, 0.1) is 12.7 Å². The molecule has 0 fully saturated rings. The van der Waals surface area contributed by atoms with Gasteiger partial charge in [-0.15, -0.1) is 11.6 Å². The number of halogens is 2. The lowest BCUT2D eigenvalue weighted by atomic mass is 9.95. The van der Waals surface area contributed by atoms with E-state index in [1.165, 1.54) is 23.1 Å². The van der Waals surface area contributed by atoms with E-state index < -0.39 is 0 Å². The van der Waals surface area contributed by atoms with Gasteiger partial charge in [-0.25, -0.2) is 4.39 Å². The van der Waals surface area contributed by atoms with Crippen LogP contribution >= 0.6 is 11.6 Å². The van der Waals surface area contributed by atoms with Crippen LogP contribution in [-0.2, 0) is 0 Å². The molecule has 0 radical (unpaired) electrons. The van der Waals surface area contributed by atoms with Gasteiger partial charge >= 0.3 is 0 Å². The molecule has 2 heteroatoms. The monoisotopic (exact) mass is 284 g/mol. The topological polar surface area (TPSA) is 0 Å². The summed E-state index contributed by atoms with van der Waals surface area (Å²) >= 11 is 6.57. The molecular weight excluding hydrogens is 271 g/mol. The first-order valence-electron chi connectivity index (χ1n) is 6.54. The lowest BCUT2D eigenvalue weighted by Gasteiger charge is -2.14. The van der Waals surface area contributed by atoms with Gasteiger partial charge in [0.2, 0.25) is 0 Å². The average Bonchev–Trinajstić information content (AvgIpc) is 2.47. The predicted octanol–water partition coefficient (Wildman–Crippen LogP) is 5.62. The van der Waals surface area contributed by atoms with Crippen molar-refractivity contribution < 1.29 is 4.39 Å². The molecule has 3 aromatic carbocycles. The molecule has 0 heterocycles. The quantitative estimate of drug-likeness (QED) is 0.536. The van der Waals surface area contributed by atoms with Crippen LogP contribution in [0.1, 0.15) is 22.1 Å². The molecule has 20 heavy (non-hydrogen) atoms. The molecule has 0 aliphatic heterocycles. The summed E-state index contributed by atoms with van der Waals surface area (Å²) in [6.07, 6.45) is 0. The SMILES string of the molecule is Cc1ccc(C(Cl)c2cccc(F)c2)c2ccccc12. The third-order valence-corrected chi connectivity index (χ3v) is 4.08. The van der Waals surface area contributed by atoms with Crippen molar-refractivity contribution in [3.8, 4) is 0 Å². The smallest absolute Gasteiger partial charge is 0.123 e. The summed E-state index contributed by atoms with van der Waals surface area (Å²) in [4.78, 5) is 0. The molecule has 0 N–H and O–H groups in total. The standard InChI is InChI=1S/C18H14ClF/c1-12-9-10-17(16-8-3-2-7-15(12)16)18(19)13-5-4-6-14(20)11-13/h2-11,18H,1H3. The third-order valence-electron chi connectivity index (χ3n) is 3.59. The Morgan fingerprint density at radius 2 is 1.65 bits per heavy atom. The highest BCUT2D eigenvalue weighted by molar-refractivity contribution is 6.23. The minimum absolute atomic E-state index is 0.260. The van der Waals surface area contributed by atoms with Gasteiger partial charge in [0, 0.05) is 0 Å². The van der Waals surface area contributed by atoms with Crippen LogP contribution in [0.5, 0.6) is 0 Å². The van der Waals surface area contributed by atoms with Crippen molar-refractivity contribution in [2.75, 3.05) is 0 Å². The summed E-state index contributed by atoms with van der Waals surface area (Å²) in [6, 6.07) is 18.7. The van der Waals surface area contributed by atoms with Gasteiger partial charge in [-0.05, 0) is 46.5 Å². The highest BCUT2D eigenvalue weighted by Crippen LogP contribution is 2.35. The summed E-state index contributed by atoms with van der Waals surface area (Å²) in [5.74, 6) is -0.260. The summed E-state index contributed by atoms with van der Waals surface area (Å²) in [6.45, 7) is 2.08. The molecule has 0 aliphatic carbocycles. The highest BCUT2D eigenvalue weighted by atomic mass is 35.5. The fraction of sp³-hybridized carbons (Fsp3) is 0.111. The largest absolute Gasteiger partial charge is 0.207 e. The second kappa shape index (κ2) is 5.26. The zero-order valence-electron chi connectivity index (χ0n) is 11.1. The van der Waals surface area contributed by atoms with Crippen molar-refractivity contribution in [1.82, 2.24) is 0 Å². The molecule has 0 bridgehead atoms. The zero-order chi connectivity index (χ0) is 14.1. The van der Waals surface area contributed by atoms with Crippen LogP contribution in [0.4, 0.5) is 4.39 Å². The van der Waals surface area contributed by atoms with E-state index in [1.54, 1.807) is 6.07 Å². The molecule has 100 valence electrons. The summed E-state index contributed by atoms with van der Waals surface area (Å²) in [5, 5.41) is 1.96. The van der Waals surface area contributed by atoms with Gasteiger partial charge < -0.3 is 0 Å². The van der Waals surface area contributed by atoms with Gasteiger partial charge in [-0.2, -0.15) is 0 Å². The summed E-state index contributed by atoms with van der Waals surface area (Å²) in [7, 11) is 0. The van der Waals surface area contributed by atoms with E-state index in [4.69, 9.17) is 11.6 Å². The van der Waals surface area contributed by atoms with Crippen LogP contribution in [0.25, 0.3) is 10.8 Å². The second-order valence-corrected chi connectivity index (χ2v) is 5.37. The molecule has 0 saturated carbocycles. The van der Waals surface area contributed by atoms with Gasteiger partial charge in [0.15, 0.2) is 0 Å². The van der Waals surface area contributed by atoms with Crippen LogP contribution < -0.4 is 0 Å². The number of rotatable bonds is 2. The Bertz CT molecular complexity index is 764. The molecule has 0 amide bonds. The molecule has 0 aromatic heterocycles. The third kappa shape index (κ3) is 2.30. The van der Waals surface area contributed by atoms with Gasteiger partial charge in [-0.3, -0.25) is 0 Å². The minimum atomic E-state index is -0.351. The van der Waals surface area contributed by atoms with Crippen molar-refractivity contribution in [3.05, 3.63) is 83.2 Å². The maximum atomic E-state index is 13.4. The van der Waals surface area contributed by atoms with Crippen LogP contribution in [-0.4, -0.2) is 0 Å². The van der Waals surface area contributed by atoms with E-state index in [1.807, 2.05) is 24.3 Å². The van der Waals surface area contributed by atoms with Crippen molar-refractivity contribution in [3.63, 3.8) is 0 Å². The van der Waals surface area contributed by atoms with Gasteiger partial charge in [0.05, 0.1) is 5.38 Å². The molecule has 0 aliphatic rings. The Morgan fingerprint density at radius 1 is 0.900 bits per heavy atom. The molecule has 1 unspecified atom stereocenters. The lowest BCUT2D eigenvalue weighted by molar-refractivity contribution is 0.626. The first-order valence-corrected chi connectivity index (χ1v) is 6.98. The average molecular weight is 285 g/mol. The first-order chi connectivity index (χ1) is 9.66. The number of hydrogen-bond donors (Lipinski definition) is 0. The predicted molar refractivity (Wildman–Crippen MR) is 82.8 cm³/mol. The van der Waals surface area contributed by atoms with Gasteiger partial charge in [0.1, 0.15) is 5.82 Å². The number of alkyl halides is 1. The van der Waals surface area contributed by atoms with Gasteiger partial charge in [0.25, 0.3) is 0 Å². The van der Waals surface area contributed by atoms with Crippen LogP contribution in [0.2, 0.25) is 0 Å². The van der Waals surface area contributed by atoms with E-state index in [2.05, 4.69) is 25.1 Å². The lowest BCUT2D eigenvalue weighted by Crippen LogP contribution is -1.96. The Balaban J connectivity index is 2.17. The molecular formula is C18H14ClF. The maximum absolute atomic E-state index is 13.4.